The second kappa shape index (κ2) is 6.51. The number of likely N-dealkylation sites (tertiary alicyclic amines) is 1. The van der Waals surface area contributed by atoms with Crippen LogP contribution in [0.25, 0.3) is 11.4 Å². The van der Waals surface area contributed by atoms with Crippen LogP contribution < -0.4 is 0 Å². The lowest BCUT2D eigenvalue weighted by Crippen LogP contribution is -2.31. The average Bonchev–Trinajstić information content (AvgIpc) is 3.31. The molecular formula is C20H19N3O2. The molecule has 2 aromatic carbocycles. The lowest BCUT2D eigenvalue weighted by molar-refractivity contribution is 0.0709. The number of rotatable bonds is 3. The summed E-state index contributed by atoms with van der Waals surface area (Å²) in [6.45, 7) is 2.67. The Hall–Kier alpha value is -2.95. The predicted octanol–water partition coefficient (Wildman–Crippen LogP) is 4.02. The van der Waals surface area contributed by atoms with Gasteiger partial charge in [-0.2, -0.15) is 4.98 Å². The summed E-state index contributed by atoms with van der Waals surface area (Å²) in [5.41, 5.74) is 2.62. The van der Waals surface area contributed by atoms with Crippen molar-refractivity contribution in [2.24, 2.45) is 0 Å². The molecule has 0 saturated carbocycles. The molecule has 1 aliphatic heterocycles. The third kappa shape index (κ3) is 2.93. The minimum absolute atomic E-state index is 0.0278. The van der Waals surface area contributed by atoms with E-state index in [1.165, 1.54) is 0 Å². The molecule has 0 unspecified atom stereocenters. The van der Waals surface area contributed by atoms with Crippen LogP contribution >= 0.6 is 0 Å². The van der Waals surface area contributed by atoms with E-state index in [2.05, 4.69) is 10.1 Å². The molecule has 0 radical (unpaired) electrons. The quantitative estimate of drug-likeness (QED) is 0.726. The van der Waals surface area contributed by atoms with E-state index in [1.807, 2.05) is 66.4 Å². The minimum Gasteiger partial charge on any atom is -0.337 e. The van der Waals surface area contributed by atoms with Gasteiger partial charge in [-0.25, -0.2) is 0 Å². The number of benzene rings is 2. The van der Waals surface area contributed by atoms with E-state index >= 15 is 0 Å². The van der Waals surface area contributed by atoms with Crippen LogP contribution in [0, 0.1) is 6.92 Å². The molecule has 1 atom stereocenters. The van der Waals surface area contributed by atoms with E-state index in [1.54, 1.807) is 0 Å². The summed E-state index contributed by atoms with van der Waals surface area (Å²) in [6.07, 6.45) is 1.78. The van der Waals surface area contributed by atoms with Gasteiger partial charge in [-0.3, -0.25) is 4.79 Å². The van der Waals surface area contributed by atoms with Crippen LogP contribution in [0.2, 0.25) is 0 Å². The molecule has 4 rings (SSSR count). The van der Waals surface area contributed by atoms with E-state index < -0.39 is 0 Å². The van der Waals surface area contributed by atoms with Gasteiger partial charge in [0, 0.05) is 17.7 Å². The highest BCUT2D eigenvalue weighted by Crippen LogP contribution is 2.33. The first-order valence-electron chi connectivity index (χ1n) is 8.49. The summed E-state index contributed by atoms with van der Waals surface area (Å²) in [5.74, 6) is 1.10. The van der Waals surface area contributed by atoms with Gasteiger partial charge in [0.25, 0.3) is 5.91 Å². The van der Waals surface area contributed by atoms with Crippen molar-refractivity contribution in [3.63, 3.8) is 0 Å². The number of aryl methyl sites for hydroxylation is 1. The third-order valence-electron chi connectivity index (χ3n) is 4.65. The van der Waals surface area contributed by atoms with E-state index in [9.17, 15) is 4.79 Å². The van der Waals surface area contributed by atoms with Crippen molar-refractivity contribution in [1.29, 1.82) is 0 Å². The van der Waals surface area contributed by atoms with Gasteiger partial charge in [0.05, 0.1) is 0 Å². The minimum atomic E-state index is -0.155. The molecule has 1 saturated heterocycles. The van der Waals surface area contributed by atoms with Crippen LogP contribution in [0.4, 0.5) is 0 Å². The number of nitrogens with zero attached hydrogens (tertiary/aromatic N) is 3. The fraction of sp³-hybridized carbons (Fsp3) is 0.250. The Morgan fingerprint density at radius 1 is 1.12 bits per heavy atom. The average molecular weight is 333 g/mol. The van der Waals surface area contributed by atoms with Gasteiger partial charge in [-0.05, 0) is 31.4 Å². The van der Waals surface area contributed by atoms with E-state index in [0.29, 0.717) is 18.3 Å². The van der Waals surface area contributed by atoms with Gasteiger partial charge in [0.2, 0.25) is 11.7 Å². The zero-order chi connectivity index (χ0) is 17.2. The first-order chi connectivity index (χ1) is 12.2. The van der Waals surface area contributed by atoms with Crippen molar-refractivity contribution in [2.75, 3.05) is 6.54 Å². The summed E-state index contributed by atoms with van der Waals surface area (Å²) in [6, 6.07) is 17.2. The van der Waals surface area contributed by atoms with E-state index in [-0.39, 0.29) is 11.9 Å². The predicted molar refractivity (Wildman–Crippen MR) is 93.9 cm³/mol. The first kappa shape index (κ1) is 15.6. The molecule has 1 amide bonds. The number of carbonyl (C=O) groups is 1. The largest absolute Gasteiger partial charge is 0.337 e. The summed E-state index contributed by atoms with van der Waals surface area (Å²) in [7, 11) is 0. The van der Waals surface area contributed by atoms with Crippen molar-refractivity contribution in [2.45, 2.75) is 25.8 Å². The molecule has 5 nitrogen and oxygen atoms in total. The summed E-state index contributed by atoms with van der Waals surface area (Å²) in [5, 5.41) is 4.09. The van der Waals surface area contributed by atoms with Crippen molar-refractivity contribution in [1.82, 2.24) is 15.0 Å². The third-order valence-corrected chi connectivity index (χ3v) is 4.65. The Morgan fingerprint density at radius 3 is 2.68 bits per heavy atom. The molecule has 126 valence electrons. The maximum absolute atomic E-state index is 13.0. The van der Waals surface area contributed by atoms with Gasteiger partial charge >= 0.3 is 0 Å². The van der Waals surface area contributed by atoms with Gasteiger partial charge < -0.3 is 9.42 Å². The van der Waals surface area contributed by atoms with Crippen LogP contribution in [0.1, 0.15) is 40.7 Å². The van der Waals surface area contributed by atoms with Crippen molar-refractivity contribution in [3.8, 4) is 11.4 Å². The smallest absolute Gasteiger partial charge is 0.254 e. The molecule has 5 heteroatoms. The van der Waals surface area contributed by atoms with Gasteiger partial charge in [0.15, 0.2) is 0 Å². The van der Waals surface area contributed by atoms with E-state index in [4.69, 9.17) is 4.52 Å². The van der Waals surface area contributed by atoms with E-state index in [0.717, 1.165) is 29.5 Å². The van der Waals surface area contributed by atoms with Crippen LogP contribution in [-0.4, -0.2) is 27.5 Å². The maximum Gasteiger partial charge on any atom is 0.254 e. The highest BCUT2D eigenvalue weighted by atomic mass is 16.5. The fourth-order valence-electron chi connectivity index (χ4n) is 3.31. The molecule has 2 heterocycles. The number of carbonyl (C=O) groups excluding carboxylic acids is 1. The Balaban J connectivity index is 1.61. The van der Waals surface area contributed by atoms with Crippen LogP contribution in [0.3, 0.4) is 0 Å². The van der Waals surface area contributed by atoms with Crippen LogP contribution in [0.5, 0.6) is 0 Å². The van der Waals surface area contributed by atoms with Crippen LogP contribution in [-0.2, 0) is 0 Å². The lowest BCUT2D eigenvalue weighted by Gasteiger charge is -2.22. The zero-order valence-corrected chi connectivity index (χ0v) is 14.1. The second-order valence-electron chi connectivity index (χ2n) is 6.29. The maximum atomic E-state index is 13.0. The molecule has 0 spiro atoms. The van der Waals surface area contributed by atoms with Crippen molar-refractivity contribution < 1.29 is 9.32 Å². The lowest BCUT2D eigenvalue weighted by atomic mass is 10.1. The number of amides is 1. The Bertz CT molecular complexity index is 889. The summed E-state index contributed by atoms with van der Waals surface area (Å²) in [4.78, 5) is 19.4. The Labute approximate surface area is 146 Å². The molecule has 0 aliphatic carbocycles. The molecular weight excluding hydrogens is 314 g/mol. The zero-order valence-electron chi connectivity index (χ0n) is 14.1. The number of hydrogen-bond donors (Lipinski definition) is 0. The summed E-state index contributed by atoms with van der Waals surface area (Å²) >= 11 is 0. The SMILES string of the molecule is Cc1ccccc1C(=O)N1CCC[C@H]1c1nc(-c2ccccc2)no1. The normalized spacial score (nSPS) is 17.0. The van der Waals surface area contributed by atoms with Crippen LogP contribution in [0.15, 0.2) is 59.1 Å². The molecule has 1 aliphatic rings. The standard InChI is InChI=1S/C20H19N3O2/c1-14-8-5-6-11-16(14)20(24)23-13-7-12-17(23)19-21-18(22-25-19)15-9-3-2-4-10-15/h2-6,8-11,17H,7,12-13H2,1H3/t17-/m0/s1. The highest BCUT2D eigenvalue weighted by molar-refractivity contribution is 5.96. The molecule has 1 fully saturated rings. The highest BCUT2D eigenvalue weighted by Gasteiger charge is 2.35. The van der Waals surface area contributed by atoms with Crippen molar-refractivity contribution >= 4 is 5.91 Å². The molecule has 1 aromatic heterocycles. The Kier molecular flexibility index (Phi) is 4.06. The number of aromatic nitrogens is 2. The van der Waals surface area contributed by atoms with Crippen molar-refractivity contribution in [3.05, 3.63) is 71.6 Å². The Morgan fingerprint density at radius 2 is 1.88 bits per heavy atom. The molecule has 0 N–H and O–H groups in total. The van der Waals surface area contributed by atoms with Gasteiger partial charge in [0.1, 0.15) is 6.04 Å². The monoisotopic (exact) mass is 333 g/mol. The molecule has 25 heavy (non-hydrogen) atoms. The van der Waals surface area contributed by atoms with Gasteiger partial charge in [-0.15, -0.1) is 0 Å². The number of hydrogen-bond acceptors (Lipinski definition) is 4. The first-order valence-corrected chi connectivity index (χ1v) is 8.49. The second-order valence-corrected chi connectivity index (χ2v) is 6.29. The molecule has 0 bridgehead atoms. The van der Waals surface area contributed by atoms with Gasteiger partial charge in [-0.1, -0.05) is 53.7 Å². The summed E-state index contributed by atoms with van der Waals surface area (Å²) < 4.78 is 5.49. The topological polar surface area (TPSA) is 59.2 Å². The fourth-order valence-corrected chi connectivity index (χ4v) is 3.31. The molecule has 3 aromatic rings.